The molecule has 21 heavy (non-hydrogen) atoms. The molecule has 1 aromatic heterocycles. The average molecular weight is 304 g/mol. The Morgan fingerprint density at radius 2 is 2.10 bits per heavy atom. The van der Waals surface area contributed by atoms with Crippen molar-refractivity contribution in [2.75, 3.05) is 19.2 Å². The highest BCUT2D eigenvalue weighted by atomic mass is 35.5. The van der Waals surface area contributed by atoms with Crippen LogP contribution in [0.15, 0.2) is 12.1 Å². The summed E-state index contributed by atoms with van der Waals surface area (Å²) >= 11 is 6.24. The molecule has 0 spiro atoms. The Kier molecular flexibility index (Phi) is 2.89. The van der Waals surface area contributed by atoms with Gasteiger partial charge in [0.25, 0.3) is 0 Å². The van der Waals surface area contributed by atoms with E-state index in [2.05, 4.69) is 10.3 Å². The first kappa shape index (κ1) is 12.7. The van der Waals surface area contributed by atoms with E-state index in [4.69, 9.17) is 26.1 Å². The molecule has 2 heterocycles. The summed E-state index contributed by atoms with van der Waals surface area (Å²) in [6, 6.07) is 3.70. The number of fused-ring (bicyclic) bond motifs is 2. The van der Waals surface area contributed by atoms with Gasteiger partial charge in [-0.25, -0.2) is 9.97 Å². The van der Waals surface area contributed by atoms with E-state index < -0.39 is 0 Å². The maximum Gasteiger partial charge on any atom is 0.231 e. The van der Waals surface area contributed by atoms with E-state index >= 15 is 0 Å². The fourth-order valence-electron chi connectivity index (χ4n) is 2.86. The third-order valence-corrected chi connectivity index (χ3v) is 4.14. The highest BCUT2D eigenvalue weighted by Crippen LogP contribution is 2.42. The lowest BCUT2D eigenvalue weighted by atomic mass is 10.1. The molecular formula is C15H14ClN3O2. The molecule has 108 valence electrons. The van der Waals surface area contributed by atoms with Gasteiger partial charge in [0.05, 0.1) is 5.02 Å². The van der Waals surface area contributed by atoms with Gasteiger partial charge in [-0.05, 0) is 31.4 Å². The number of nitrogens with zero attached hydrogens (tertiary/aromatic N) is 2. The van der Waals surface area contributed by atoms with Gasteiger partial charge >= 0.3 is 0 Å². The molecule has 2 aromatic rings. The molecule has 1 aliphatic heterocycles. The monoisotopic (exact) mass is 303 g/mol. The smallest absolute Gasteiger partial charge is 0.231 e. The molecule has 2 aliphatic rings. The highest BCUT2D eigenvalue weighted by Gasteiger charge is 2.22. The molecule has 0 radical (unpaired) electrons. The summed E-state index contributed by atoms with van der Waals surface area (Å²) in [4.78, 5) is 9.32. The van der Waals surface area contributed by atoms with Gasteiger partial charge in [-0.15, -0.1) is 0 Å². The van der Waals surface area contributed by atoms with Crippen LogP contribution in [0, 0.1) is 0 Å². The molecular weight excluding hydrogens is 290 g/mol. The van der Waals surface area contributed by atoms with Crippen molar-refractivity contribution in [3.05, 3.63) is 28.4 Å². The van der Waals surface area contributed by atoms with Crippen LogP contribution in [0.5, 0.6) is 11.5 Å². The predicted octanol–water partition coefficient (Wildman–Crippen LogP) is 3.06. The number of anilines is 1. The first-order valence-corrected chi connectivity index (χ1v) is 7.31. The Hall–Kier alpha value is -2.01. The van der Waals surface area contributed by atoms with Crippen molar-refractivity contribution in [3.8, 4) is 22.9 Å². The lowest BCUT2D eigenvalue weighted by Gasteiger charge is -2.10. The fourth-order valence-corrected chi connectivity index (χ4v) is 3.13. The number of hydrogen-bond donors (Lipinski definition) is 1. The molecule has 1 aliphatic carbocycles. The van der Waals surface area contributed by atoms with Gasteiger partial charge in [0.1, 0.15) is 5.82 Å². The SMILES string of the molecule is CNc1nc(-c2cc(Cl)c3c(c2)OCO3)nc2c1CCC2. The number of aromatic nitrogens is 2. The molecule has 0 saturated heterocycles. The molecule has 6 heteroatoms. The molecule has 0 bridgehead atoms. The maximum atomic E-state index is 6.24. The van der Waals surface area contributed by atoms with Gasteiger partial charge in [0.15, 0.2) is 17.3 Å². The summed E-state index contributed by atoms with van der Waals surface area (Å²) in [6.07, 6.45) is 3.16. The molecule has 0 unspecified atom stereocenters. The lowest BCUT2D eigenvalue weighted by molar-refractivity contribution is 0.174. The molecule has 0 saturated carbocycles. The molecule has 4 rings (SSSR count). The maximum absolute atomic E-state index is 6.24. The van der Waals surface area contributed by atoms with Crippen LogP contribution in [0.1, 0.15) is 17.7 Å². The number of hydrogen-bond acceptors (Lipinski definition) is 5. The topological polar surface area (TPSA) is 56.3 Å². The number of ether oxygens (including phenoxy) is 2. The van der Waals surface area contributed by atoms with Crippen molar-refractivity contribution in [1.29, 1.82) is 0 Å². The van der Waals surface area contributed by atoms with Gasteiger partial charge in [-0.1, -0.05) is 11.6 Å². The van der Waals surface area contributed by atoms with E-state index in [0.717, 1.165) is 36.3 Å². The van der Waals surface area contributed by atoms with Crippen LogP contribution in [-0.2, 0) is 12.8 Å². The standard InChI is InChI=1S/C15H14ClN3O2/c1-17-15-9-3-2-4-11(9)18-14(19-15)8-5-10(16)13-12(6-8)20-7-21-13/h5-6H,2-4,7H2,1H3,(H,17,18,19). The van der Waals surface area contributed by atoms with Crippen molar-refractivity contribution in [2.45, 2.75) is 19.3 Å². The molecule has 1 N–H and O–H groups in total. The minimum absolute atomic E-state index is 0.200. The predicted molar refractivity (Wildman–Crippen MR) is 80.2 cm³/mol. The zero-order valence-electron chi connectivity index (χ0n) is 11.6. The minimum atomic E-state index is 0.200. The van der Waals surface area contributed by atoms with E-state index in [9.17, 15) is 0 Å². The summed E-state index contributed by atoms with van der Waals surface area (Å²) in [7, 11) is 1.89. The summed E-state index contributed by atoms with van der Waals surface area (Å²) in [6.45, 7) is 0.200. The van der Waals surface area contributed by atoms with E-state index in [1.54, 1.807) is 0 Å². The Morgan fingerprint density at radius 1 is 1.19 bits per heavy atom. The van der Waals surface area contributed by atoms with E-state index in [1.807, 2.05) is 19.2 Å². The van der Waals surface area contributed by atoms with Crippen molar-refractivity contribution >= 4 is 17.4 Å². The average Bonchev–Trinajstić information content (AvgIpc) is 3.14. The van der Waals surface area contributed by atoms with Crippen molar-refractivity contribution in [2.24, 2.45) is 0 Å². The van der Waals surface area contributed by atoms with Gasteiger partial charge in [0, 0.05) is 23.9 Å². The number of halogens is 1. The third-order valence-electron chi connectivity index (χ3n) is 3.86. The van der Waals surface area contributed by atoms with Crippen molar-refractivity contribution in [3.63, 3.8) is 0 Å². The van der Waals surface area contributed by atoms with Gasteiger partial charge < -0.3 is 14.8 Å². The van der Waals surface area contributed by atoms with Crippen molar-refractivity contribution in [1.82, 2.24) is 9.97 Å². The second-order valence-electron chi connectivity index (χ2n) is 5.12. The molecule has 0 fully saturated rings. The normalized spacial score (nSPS) is 15.1. The van der Waals surface area contributed by atoms with Crippen LogP contribution < -0.4 is 14.8 Å². The lowest BCUT2D eigenvalue weighted by Crippen LogP contribution is -2.03. The number of benzene rings is 1. The molecule has 0 atom stereocenters. The van der Waals surface area contributed by atoms with Gasteiger partial charge in [-0.2, -0.15) is 0 Å². The second-order valence-corrected chi connectivity index (χ2v) is 5.52. The van der Waals surface area contributed by atoms with Crippen LogP contribution in [-0.4, -0.2) is 23.8 Å². The van der Waals surface area contributed by atoms with Gasteiger partial charge in [-0.3, -0.25) is 0 Å². The third kappa shape index (κ3) is 2.00. The van der Waals surface area contributed by atoms with Crippen LogP contribution >= 0.6 is 11.6 Å². The number of nitrogens with one attached hydrogen (secondary N) is 1. The first-order valence-electron chi connectivity index (χ1n) is 6.93. The fraction of sp³-hybridized carbons (Fsp3) is 0.333. The van der Waals surface area contributed by atoms with Crippen LogP contribution in [0.2, 0.25) is 5.02 Å². The molecule has 5 nitrogen and oxygen atoms in total. The zero-order valence-corrected chi connectivity index (χ0v) is 12.3. The van der Waals surface area contributed by atoms with Crippen LogP contribution in [0.25, 0.3) is 11.4 Å². The largest absolute Gasteiger partial charge is 0.454 e. The highest BCUT2D eigenvalue weighted by molar-refractivity contribution is 6.32. The second kappa shape index (κ2) is 4.77. The van der Waals surface area contributed by atoms with Gasteiger partial charge in [0.2, 0.25) is 6.79 Å². The zero-order chi connectivity index (χ0) is 14.4. The molecule has 1 aromatic carbocycles. The quantitative estimate of drug-likeness (QED) is 0.924. The summed E-state index contributed by atoms with van der Waals surface area (Å²) in [5.41, 5.74) is 3.20. The Balaban J connectivity index is 1.86. The minimum Gasteiger partial charge on any atom is -0.454 e. The van der Waals surface area contributed by atoms with E-state index in [1.165, 1.54) is 5.56 Å². The Labute approximate surface area is 127 Å². The van der Waals surface area contributed by atoms with Crippen LogP contribution in [0.4, 0.5) is 5.82 Å². The van der Waals surface area contributed by atoms with Crippen molar-refractivity contribution < 1.29 is 9.47 Å². The molecule has 0 amide bonds. The summed E-state index contributed by atoms with van der Waals surface area (Å²) < 4.78 is 10.7. The number of rotatable bonds is 2. The summed E-state index contributed by atoms with van der Waals surface area (Å²) in [5.74, 6) is 2.81. The Bertz CT molecular complexity index is 733. The first-order chi connectivity index (χ1) is 10.3. The van der Waals surface area contributed by atoms with E-state index in [0.29, 0.717) is 22.3 Å². The van der Waals surface area contributed by atoms with E-state index in [-0.39, 0.29) is 6.79 Å². The summed E-state index contributed by atoms with van der Waals surface area (Å²) in [5, 5.41) is 3.69. The van der Waals surface area contributed by atoms with Crippen LogP contribution in [0.3, 0.4) is 0 Å². The number of aryl methyl sites for hydroxylation is 1. The Morgan fingerprint density at radius 3 is 2.95 bits per heavy atom.